The van der Waals surface area contributed by atoms with Crippen molar-refractivity contribution in [2.45, 2.75) is 30.6 Å². The van der Waals surface area contributed by atoms with Gasteiger partial charge in [0.1, 0.15) is 5.75 Å². The molecule has 0 unspecified atom stereocenters. The third-order valence-corrected chi connectivity index (χ3v) is 4.20. The van der Waals surface area contributed by atoms with Crippen molar-refractivity contribution >= 4 is 11.8 Å². The van der Waals surface area contributed by atoms with Crippen LogP contribution in [0.25, 0.3) is 0 Å². The Bertz CT molecular complexity index is 317. The zero-order valence-electron chi connectivity index (χ0n) is 10.3. The molecule has 0 amide bonds. The van der Waals surface area contributed by atoms with Gasteiger partial charge in [0.15, 0.2) is 0 Å². The molecule has 94 valence electrons. The maximum Gasteiger partial charge on any atom is 0.115 e. The van der Waals surface area contributed by atoms with Crippen molar-refractivity contribution in [3.63, 3.8) is 0 Å². The molecule has 1 N–H and O–H groups in total. The first kappa shape index (κ1) is 12.8. The predicted octanol–water partition coefficient (Wildman–Crippen LogP) is 3.36. The maximum atomic E-state index is 9.20. The molecule has 3 heteroatoms. The molecule has 0 bridgehead atoms. The largest absolute Gasteiger partial charge is 0.508 e. The van der Waals surface area contributed by atoms with Crippen LogP contribution in [0.3, 0.4) is 0 Å². The summed E-state index contributed by atoms with van der Waals surface area (Å²) in [5.74, 6) is 1.49. The number of likely N-dealkylation sites (tertiary alicyclic amines) is 1. The predicted molar refractivity (Wildman–Crippen MR) is 73.7 cm³/mol. The molecule has 0 aromatic heterocycles. The van der Waals surface area contributed by atoms with Gasteiger partial charge in [-0.1, -0.05) is 12.8 Å². The van der Waals surface area contributed by atoms with E-state index in [9.17, 15) is 5.11 Å². The molecule has 1 aliphatic rings. The van der Waals surface area contributed by atoms with Crippen LogP contribution in [0.5, 0.6) is 5.75 Å². The number of rotatable bonds is 4. The Morgan fingerprint density at radius 3 is 2.29 bits per heavy atom. The smallest absolute Gasteiger partial charge is 0.115 e. The average Bonchev–Trinajstić information content (AvgIpc) is 2.60. The molecule has 2 rings (SSSR count). The van der Waals surface area contributed by atoms with Gasteiger partial charge in [0, 0.05) is 17.2 Å². The lowest BCUT2D eigenvalue weighted by Crippen LogP contribution is -2.26. The molecule has 17 heavy (non-hydrogen) atoms. The minimum Gasteiger partial charge on any atom is -0.508 e. The van der Waals surface area contributed by atoms with Crippen LogP contribution in [0.4, 0.5) is 0 Å². The highest BCUT2D eigenvalue weighted by Gasteiger charge is 2.08. The van der Waals surface area contributed by atoms with Crippen LogP contribution in [-0.4, -0.2) is 35.4 Å². The quantitative estimate of drug-likeness (QED) is 0.830. The number of phenolic OH excluding ortho intramolecular Hbond substituents is 1. The van der Waals surface area contributed by atoms with Gasteiger partial charge in [0.25, 0.3) is 0 Å². The lowest BCUT2D eigenvalue weighted by Gasteiger charge is -2.19. The molecule has 1 fully saturated rings. The third kappa shape index (κ3) is 4.60. The normalized spacial score (nSPS) is 17.9. The van der Waals surface area contributed by atoms with E-state index in [0.717, 1.165) is 5.75 Å². The Morgan fingerprint density at radius 2 is 1.65 bits per heavy atom. The molecule has 1 heterocycles. The second kappa shape index (κ2) is 6.92. The topological polar surface area (TPSA) is 23.5 Å². The van der Waals surface area contributed by atoms with Gasteiger partial charge in [0.2, 0.25) is 0 Å². The summed E-state index contributed by atoms with van der Waals surface area (Å²) < 4.78 is 0. The molecular formula is C14H21NOS. The Hall–Kier alpha value is -0.670. The molecule has 2 nitrogen and oxygen atoms in total. The van der Waals surface area contributed by atoms with Gasteiger partial charge in [-0.15, -0.1) is 11.8 Å². The number of nitrogens with zero attached hydrogens (tertiary/aromatic N) is 1. The first-order valence-electron chi connectivity index (χ1n) is 6.49. The summed E-state index contributed by atoms with van der Waals surface area (Å²) in [5, 5.41) is 9.20. The minimum atomic E-state index is 0.349. The van der Waals surface area contributed by atoms with Gasteiger partial charge in [-0.3, -0.25) is 0 Å². The number of hydrogen-bond donors (Lipinski definition) is 1. The molecule has 0 aliphatic carbocycles. The van der Waals surface area contributed by atoms with Gasteiger partial charge >= 0.3 is 0 Å². The lowest BCUT2D eigenvalue weighted by atomic mass is 10.2. The number of benzene rings is 1. The van der Waals surface area contributed by atoms with Crippen LogP contribution in [0.2, 0.25) is 0 Å². The van der Waals surface area contributed by atoms with Crippen molar-refractivity contribution in [2.24, 2.45) is 0 Å². The molecule has 0 atom stereocenters. The minimum absolute atomic E-state index is 0.349. The van der Waals surface area contributed by atoms with Crippen LogP contribution >= 0.6 is 11.8 Å². The Kier molecular flexibility index (Phi) is 5.20. The molecule has 0 radical (unpaired) electrons. The first-order valence-corrected chi connectivity index (χ1v) is 7.47. The molecular weight excluding hydrogens is 230 g/mol. The van der Waals surface area contributed by atoms with Crippen LogP contribution in [0.15, 0.2) is 29.2 Å². The van der Waals surface area contributed by atoms with Crippen molar-refractivity contribution in [3.8, 4) is 5.75 Å². The van der Waals surface area contributed by atoms with E-state index in [2.05, 4.69) is 4.90 Å². The highest BCUT2D eigenvalue weighted by Crippen LogP contribution is 2.21. The Labute approximate surface area is 108 Å². The lowest BCUT2D eigenvalue weighted by molar-refractivity contribution is 0.303. The number of thioether (sulfide) groups is 1. The maximum absolute atomic E-state index is 9.20. The van der Waals surface area contributed by atoms with Gasteiger partial charge in [0.05, 0.1) is 0 Å². The highest BCUT2D eigenvalue weighted by molar-refractivity contribution is 7.99. The number of phenols is 1. The summed E-state index contributed by atoms with van der Waals surface area (Å²) >= 11 is 1.88. The molecule has 1 aromatic rings. The number of aromatic hydroxyl groups is 1. The van der Waals surface area contributed by atoms with E-state index in [1.807, 2.05) is 23.9 Å². The molecule has 1 aliphatic heterocycles. The fraction of sp³-hybridized carbons (Fsp3) is 0.571. The second-order valence-electron chi connectivity index (χ2n) is 4.60. The average molecular weight is 251 g/mol. The SMILES string of the molecule is Oc1ccc(SCCN2CCCCCC2)cc1. The summed E-state index contributed by atoms with van der Waals surface area (Å²) in [6.45, 7) is 3.73. The molecule has 0 spiro atoms. The van der Waals surface area contributed by atoms with Gasteiger partial charge in [-0.2, -0.15) is 0 Å². The fourth-order valence-corrected chi connectivity index (χ4v) is 3.11. The van der Waals surface area contributed by atoms with E-state index in [0.29, 0.717) is 5.75 Å². The number of hydrogen-bond acceptors (Lipinski definition) is 3. The summed E-state index contributed by atoms with van der Waals surface area (Å²) in [6, 6.07) is 7.49. The van der Waals surface area contributed by atoms with Gasteiger partial charge in [-0.05, 0) is 50.2 Å². The zero-order valence-corrected chi connectivity index (χ0v) is 11.1. The molecule has 1 aromatic carbocycles. The fourth-order valence-electron chi connectivity index (χ4n) is 2.19. The van der Waals surface area contributed by atoms with Gasteiger partial charge in [-0.25, -0.2) is 0 Å². The second-order valence-corrected chi connectivity index (χ2v) is 5.77. The molecule has 0 saturated carbocycles. The van der Waals surface area contributed by atoms with Crippen molar-refractivity contribution in [1.82, 2.24) is 4.90 Å². The zero-order chi connectivity index (χ0) is 11.9. The third-order valence-electron chi connectivity index (χ3n) is 3.21. The highest BCUT2D eigenvalue weighted by atomic mass is 32.2. The van der Waals surface area contributed by atoms with Crippen LogP contribution < -0.4 is 0 Å². The summed E-state index contributed by atoms with van der Waals surface area (Å²) in [5.41, 5.74) is 0. The van der Waals surface area contributed by atoms with Crippen molar-refractivity contribution in [1.29, 1.82) is 0 Å². The van der Waals surface area contributed by atoms with E-state index < -0.39 is 0 Å². The Balaban J connectivity index is 1.69. The monoisotopic (exact) mass is 251 g/mol. The van der Waals surface area contributed by atoms with Crippen molar-refractivity contribution < 1.29 is 5.11 Å². The van der Waals surface area contributed by atoms with Crippen LogP contribution in [0, 0.1) is 0 Å². The molecule has 1 saturated heterocycles. The van der Waals surface area contributed by atoms with E-state index >= 15 is 0 Å². The Morgan fingerprint density at radius 1 is 1.00 bits per heavy atom. The van der Waals surface area contributed by atoms with E-state index in [1.54, 1.807) is 12.1 Å². The summed E-state index contributed by atoms with van der Waals surface area (Å²) in [7, 11) is 0. The summed E-state index contributed by atoms with van der Waals surface area (Å²) in [6.07, 6.45) is 5.54. The standard InChI is InChI=1S/C14H21NOS/c16-13-5-7-14(8-6-13)17-12-11-15-9-3-1-2-4-10-15/h5-8,16H,1-4,9-12H2. The van der Waals surface area contributed by atoms with Crippen LogP contribution in [-0.2, 0) is 0 Å². The first-order chi connectivity index (χ1) is 8.34. The summed E-state index contributed by atoms with van der Waals surface area (Å²) in [4.78, 5) is 3.83. The van der Waals surface area contributed by atoms with Crippen LogP contribution in [0.1, 0.15) is 25.7 Å². The van der Waals surface area contributed by atoms with Crippen molar-refractivity contribution in [3.05, 3.63) is 24.3 Å². The van der Waals surface area contributed by atoms with Gasteiger partial charge < -0.3 is 10.0 Å². The van der Waals surface area contributed by atoms with E-state index in [-0.39, 0.29) is 0 Å². The van der Waals surface area contributed by atoms with Crippen molar-refractivity contribution in [2.75, 3.05) is 25.4 Å². The van der Waals surface area contributed by atoms with E-state index in [1.165, 1.54) is 50.2 Å². The van der Waals surface area contributed by atoms with E-state index in [4.69, 9.17) is 0 Å².